The van der Waals surface area contributed by atoms with Gasteiger partial charge in [-0.2, -0.15) is 0 Å². The molecule has 0 radical (unpaired) electrons. The Labute approximate surface area is 100.0 Å². The van der Waals surface area contributed by atoms with Crippen LogP contribution in [-0.2, 0) is 0 Å². The zero-order valence-electron chi connectivity index (χ0n) is 9.77. The van der Waals surface area contributed by atoms with Crippen molar-refractivity contribution in [3.63, 3.8) is 0 Å². The van der Waals surface area contributed by atoms with Crippen LogP contribution in [0.5, 0.6) is 11.5 Å². The minimum absolute atomic E-state index is 0.253. The number of anilines is 1. The number of hydrogen-bond donors (Lipinski definition) is 3. The fourth-order valence-corrected chi connectivity index (χ4v) is 1.67. The van der Waals surface area contributed by atoms with Gasteiger partial charge >= 0.3 is 0 Å². The molecule has 0 saturated heterocycles. The van der Waals surface area contributed by atoms with Crippen molar-refractivity contribution in [2.24, 2.45) is 0 Å². The molecule has 1 aliphatic rings. The number of ether oxygens (including phenoxy) is 2. The highest BCUT2D eigenvalue weighted by molar-refractivity contribution is 5.60. The van der Waals surface area contributed by atoms with Gasteiger partial charge in [0.15, 0.2) is 11.5 Å². The Bertz CT molecular complexity index is 394. The largest absolute Gasteiger partial charge is 0.486 e. The van der Waals surface area contributed by atoms with Crippen LogP contribution in [0.4, 0.5) is 5.69 Å². The first kappa shape index (κ1) is 12.0. The van der Waals surface area contributed by atoms with E-state index in [0.29, 0.717) is 25.5 Å². The van der Waals surface area contributed by atoms with E-state index in [0.717, 1.165) is 17.0 Å². The molecule has 0 bridgehead atoms. The Morgan fingerprint density at radius 2 is 1.94 bits per heavy atom. The maximum absolute atomic E-state index is 9.28. The summed E-state index contributed by atoms with van der Waals surface area (Å²) in [5.41, 5.74) is 1.89. The molecule has 0 amide bonds. The molecule has 1 aromatic rings. The molecule has 0 aromatic heterocycles. The summed E-state index contributed by atoms with van der Waals surface area (Å²) in [6.45, 7) is 3.12. The number of nitrogens with one attached hydrogen (secondary N) is 1. The van der Waals surface area contributed by atoms with Crippen LogP contribution in [0.25, 0.3) is 0 Å². The fourth-order valence-electron chi connectivity index (χ4n) is 1.67. The molecule has 1 unspecified atom stereocenters. The molecule has 1 aromatic carbocycles. The molecule has 0 saturated carbocycles. The molecule has 17 heavy (non-hydrogen) atoms. The summed E-state index contributed by atoms with van der Waals surface area (Å²) in [6.07, 6.45) is -0.761. The van der Waals surface area contributed by atoms with Crippen molar-refractivity contribution in [3.8, 4) is 11.5 Å². The average molecular weight is 239 g/mol. The average Bonchev–Trinajstić information content (AvgIpc) is 2.35. The topological polar surface area (TPSA) is 71.0 Å². The molecule has 0 spiro atoms. The van der Waals surface area contributed by atoms with Crippen LogP contribution in [-0.4, -0.2) is 42.7 Å². The van der Waals surface area contributed by atoms with Crippen LogP contribution in [0.3, 0.4) is 0 Å². The van der Waals surface area contributed by atoms with Crippen molar-refractivity contribution in [1.82, 2.24) is 0 Å². The Hall–Kier alpha value is -1.46. The minimum atomic E-state index is -0.761. The third-order valence-corrected chi connectivity index (χ3v) is 2.63. The van der Waals surface area contributed by atoms with Gasteiger partial charge < -0.3 is 25.0 Å². The maximum Gasteiger partial charge on any atom is 0.163 e. The molecule has 5 nitrogen and oxygen atoms in total. The predicted octanol–water partition coefficient (Wildman–Crippen LogP) is 0.531. The lowest BCUT2D eigenvalue weighted by atomic mass is 10.1. The third-order valence-electron chi connectivity index (χ3n) is 2.63. The first-order valence-corrected chi connectivity index (χ1v) is 5.63. The highest BCUT2D eigenvalue weighted by atomic mass is 16.6. The van der Waals surface area contributed by atoms with Crippen molar-refractivity contribution in [3.05, 3.63) is 17.7 Å². The summed E-state index contributed by atoms with van der Waals surface area (Å²) in [5, 5.41) is 21.1. The standard InChI is InChI=1S/C12H17NO4/c1-8-4-11-12(17-3-2-16-11)5-10(8)13-6-9(15)7-14/h4-5,9,13-15H,2-3,6-7H2,1H3. The number of fused-ring (bicyclic) bond motifs is 1. The monoisotopic (exact) mass is 239 g/mol. The second-order valence-corrected chi connectivity index (χ2v) is 4.03. The van der Waals surface area contributed by atoms with Crippen LogP contribution in [0.2, 0.25) is 0 Å². The van der Waals surface area contributed by atoms with Gasteiger partial charge in [0.1, 0.15) is 13.2 Å². The summed E-state index contributed by atoms with van der Waals surface area (Å²) < 4.78 is 10.9. The van der Waals surface area contributed by atoms with E-state index >= 15 is 0 Å². The molecule has 0 fully saturated rings. The van der Waals surface area contributed by atoms with Crippen LogP contribution < -0.4 is 14.8 Å². The summed E-state index contributed by atoms with van der Waals surface area (Å²) in [4.78, 5) is 0. The van der Waals surface area contributed by atoms with Gasteiger partial charge in [-0.1, -0.05) is 0 Å². The van der Waals surface area contributed by atoms with Crippen molar-refractivity contribution >= 4 is 5.69 Å². The molecular formula is C12H17NO4. The Balaban J connectivity index is 2.11. The quantitative estimate of drug-likeness (QED) is 0.715. The molecule has 3 N–H and O–H groups in total. The van der Waals surface area contributed by atoms with E-state index in [1.54, 1.807) is 0 Å². The number of rotatable bonds is 4. The second kappa shape index (κ2) is 5.25. The molecule has 0 aliphatic carbocycles. The number of aryl methyl sites for hydroxylation is 1. The molecule has 2 rings (SSSR count). The van der Waals surface area contributed by atoms with Crippen LogP contribution in [0.1, 0.15) is 5.56 Å². The smallest absolute Gasteiger partial charge is 0.163 e. The lowest BCUT2D eigenvalue weighted by Gasteiger charge is -2.21. The molecule has 1 aliphatic heterocycles. The molecule has 1 atom stereocenters. The zero-order valence-corrected chi connectivity index (χ0v) is 9.77. The molecular weight excluding hydrogens is 222 g/mol. The lowest BCUT2D eigenvalue weighted by molar-refractivity contribution is 0.105. The summed E-state index contributed by atoms with van der Waals surface area (Å²) in [5.74, 6) is 1.46. The Morgan fingerprint density at radius 1 is 1.29 bits per heavy atom. The minimum Gasteiger partial charge on any atom is -0.486 e. The van der Waals surface area contributed by atoms with Crippen molar-refractivity contribution in [1.29, 1.82) is 0 Å². The first-order chi connectivity index (χ1) is 8.20. The lowest BCUT2D eigenvalue weighted by Crippen LogP contribution is -2.23. The van der Waals surface area contributed by atoms with Gasteiger partial charge in [-0.25, -0.2) is 0 Å². The Kier molecular flexibility index (Phi) is 3.71. The van der Waals surface area contributed by atoms with Gasteiger partial charge in [-0.05, 0) is 18.6 Å². The van der Waals surface area contributed by atoms with Crippen molar-refractivity contribution in [2.75, 3.05) is 31.7 Å². The highest BCUT2D eigenvalue weighted by Crippen LogP contribution is 2.35. The van der Waals surface area contributed by atoms with E-state index in [1.807, 2.05) is 19.1 Å². The number of benzene rings is 1. The normalized spacial score (nSPS) is 15.5. The number of aliphatic hydroxyl groups excluding tert-OH is 2. The SMILES string of the molecule is Cc1cc2c(cc1NCC(O)CO)OCCO2. The highest BCUT2D eigenvalue weighted by Gasteiger charge is 2.14. The van der Waals surface area contributed by atoms with Gasteiger partial charge in [-0.3, -0.25) is 0 Å². The van der Waals surface area contributed by atoms with Gasteiger partial charge in [0, 0.05) is 18.3 Å². The van der Waals surface area contributed by atoms with E-state index < -0.39 is 6.10 Å². The van der Waals surface area contributed by atoms with Crippen molar-refractivity contribution in [2.45, 2.75) is 13.0 Å². The van der Waals surface area contributed by atoms with E-state index in [2.05, 4.69) is 5.32 Å². The maximum atomic E-state index is 9.28. The zero-order chi connectivity index (χ0) is 12.3. The number of aliphatic hydroxyl groups is 2. The van der Waals surface area contributed by atoms with E-state index in [4.69, 9.17) is 14.6 Å². The predicted molar refractivity (Wildman–Crippen MR) is 63.8 cm³/mol. The van der Waals surface area contributed by atoms with Crippen molar-refractivity contribution < 1.29 is 19.7 Å². The van der Waals surface area contributed by atoms with Crippen LogP contribution in [0.15, 0.2) is 12.1 Å². The summed E-state index contributed by atoms with van der Waals surface area (Å²) in [7, 11) is 0. The van der Waals surface area contributed by atoms with Crippen LogP contribution >= 0.6 is 0 Å². The number of hydrogen-bond acceptors (Lipinski definition) is 5. The first-order valence-electron chi connectivity index (χ1n) is 5.63. The van der Waals surface area contributed by atoms with E-state index in [1.165, 1.54) is 0 Å². The second-order valence-electron chi connectivity index (χ2n) is 4.03. The Morgan fingerprint density at radius 3 is 2.59 bits per heavy atom. The van der Waals surface area contributed by atoms with E-state index in [9.17, 15) is 5.11 Å². The fraction of sp³-hybridized carbons (Fsp3) is 0.500. The van der Waals surface area contributed by atoms with Gasteiger partial charge in [-0.15, -0.1) is 0 Å². The van der Waals surface area contributed by atoms with Gasteiger partial charge in [0.25, 0.3) is 0 Å². The molecule has 94 valence electrons. The van der Waals surface area contributed by atoms with Gasteiger partial charge in [0.2, 0.25) is 0 Å². The van der Waals surface area contributed by atoms with E-state index in [-0.39, 0.29) is 6.61 Å². The third kappa shape index (κ3) is 2.81. The molecule has 5 heteroatoms. The summed E-state index contributed by atoms with van der Waals surface area (Å²) in [6, 6.07) is 3.76. The van der Waals surface area contributed by atoms with Gasteiger partial charge in [0.05, 0.1) is 12.7 Å². The molecule has 1 heterocycles. The summed E-state index contributed by atoms with van der Waals surface area (Å²) >= 11 is 0. The van der Waals surface area contributed by atoms with Crippen LogP contribution in [0, 0.1) is 6.92 Å².